The molecule has 1 fully saturated rings. The third kappa shape index (κ3) is 6.55. The Bertz CT molecular complexity index is 1200. The van der Waals surface area contributed by atoms with E-state index in [-0.39, 0.29) is 5.78 Å². The molecule has 0 unspecified atom stereocenters. The predicted octanol–water partition coefficient (Wildman–Crippen LogP) is 4.62. The number of anilines is 2. The second-order valence-corrected chi connectivity index (χ2v) is 9.64. The Labute approximate surface area is 214 Å². The van der Waals surface area contributed by atoms with Crippen LogP contribution >= 0.6 is 0 Å². The van der Waals surface area contributed by atoms with Crippen LogP contribution in [0.3, 0.4) is 0 Å². The maximum absolute atomic E-state index is 11.8. The van der Waals surface area contributed by atoms with Gasteiger partial charge in [0.2, 0.25) is 5.95 Å². The van der Waals surface area contributed by atoms with Crippen LogP contribution in [-0.2, 0) is 11.3 Å². The maximum Gasteiger partial charge on any atom is 0.225 e. The summed E-state index contributed by atoms with van der Waals surface area (Å²) in [5.74, 6) is 1.92. The van der Waals surface area contributed by atoms with Gasteiger partial charge in [0.05, 0.1) is 0 Å². The summed E-state index contributed by atoms with van der Waals surface area (Å²) in [6, 6.07) is 10.6. The molecule has 0 bridgehead atoms. The molecule has 36 heavy (non-hydrogen) atoms. The molecule has 3 heterocycles. The Kier molecular flexibility index (Phi) is 8.44. The highest BCUT2D eigenvalue weighted by Crippen LogP contribution is 2.23. The van der Waals surface area contributed by atoms with Crippen LogP contribution in [-0.4, -0.2) is 65.9 Å². The molecule has 1 saturated heterocycles. The van der Waals surface area contributed by atoms with Crippen LogP contribution in [0.2, 0.25) is 0 Å². The number of benzene rings is 1. The van der Waals surface area contributed by atoms with Crippen LogP contribution in [0.4, 0.5) is 11.8 Å². The fourth-order valence-electron chi connectivity index (χ4n) is 4.50. The molecule has 0 amide bonds. The minimum atomic E-state index is 0.156. The molecule has 4 rings (SSSR count). The topological polar surface area (TPSA) is 65.5 Å². The lowest BCUT2D eigenvalue weighted by atomic mass is 10.1. The van der Waals surface area contributed by atoms with Crippen molar-refractivity contribution in [1.82, 2.24) is 19.9 Å². The summed E-state index contributed by atoms with van der Waals surface area (Å²) in [4.78, 5) is 32.5. The number of hydrogen-bond acceptors (Lipinski definition) is 7. The molecule has 188 valence electrons. The number of piperazine rings is 1. The molecule has 7 heteroatoms. The van der Waals surface area contributed by atoms with Gasteiger partial charge in [0.1, 0.15) is 5.82 Å². The summed E-state index contributed by atoms with van der Waals surface area (Å²) in [6.07, 6.45) is 10.7. The van der Waals surface area contributed by atoms with Gasteiger partial charge in [-0.1, -0.05) is 25.1 Å². The summed E-state index contributed by atoms with van der Waals surface area (Å²) in [5.41, 5.74) is 5.52. The molecule has 0 radical (unpaired) electrons. The summed E-state index contributed by atoms with van der Waals surface area (Å²) < 4.78 is 0. The van der Waals surface area contributed by atoms with Gasteiger partial charge >= 0.3 is 0 Å². The third-order valence-electron chi connectivity index (χ3n) is 6.29. The molecule has 1 aromatic carbocycles. The number of carbonyl (C=O) groups excluding carboxylic acids is 1. The SMILES string of the molecule is CCCC(=O)/C=C/c1cnc(N2CCN(c3ncc(-c4cccc(CN(C)C)c4)cn3)CC2)c(C)c1. The Morgan fingerprint density at radius 1 is 0.972 bits per heavy atom. The lowest BCUT2D eigenvalue weighted by Crippen LogP contribution is -2.47. The molecule has 2 aromatic heterocycles. The van der Waals surface area contributed by atoms with Crippen molar-refractivity contribution in [3.63, 3.8) is 0 Å². The van der Waals surface area contributed by atoms with Crippen molar-refractivity contribution < 1.29 is 4.79 Å². The van der Waals surface area contributed by atoms with Crippen molar-refractivity contribution in [1.29, 1.82) is 0 Å². The van der Waals surface area contributed by atoms with E-state index in [2.05, 4.69) is 76.0 Å². The van der Waals surface area contributed by atoms with E-state index in [0.29, 0.717) is 6.42 Å². The lowest BCUT2D eigenvalue weighted by Gasteiger charge is -2.36. The lowest BCUT2D eigenvalue weighted by molar-refractivity contribution is -0.114. The second kappa shape index (κ2) is 11.9. The third-order valence-corrected chi connectivity index (χ3v) is 6.29. The highest BCUT2D eigenvalue weighted by Gasteiger charge is 2.21. The fraction of sp³-hybridized carbons (Fsp3) is 0.379. The molecule has 0 spiro atoms. The number of carbonyl (C=O) groups is 1. The molecule has 3 aromatic rings. The smallest absolute Gasteiger partial charge is 0.225 e. The first-order chi connectivity index (χ1) is 17.4. The predicted molar refractivity (Wildman–Crippen MR) is 147 cm³/mol. The van der Waals surface area contributed by atoms with E-state index in [1.807, 2.05) is 31.6 Å². The summed E-state index contributed by atoms with van der Waals surface area (Å²) in [7, 11) is 4.15. The van der Waals surface area contributed by atoms with Crippen molar-refractivity contribution in [2.24, 2.45) is 0 Å². The van der Waals surface area contributed by atoms with Crippen molar-refractivity contribution in [2.45, 2.75) is 33.2 Å². The van der Waals surface area contributed by atoms with E-state index in [4.69, 9.17) is 4.98 Å². The minimum absolute atomic E-state index is 0.156. The van der Waals surface area contributed by atoms with Gasteiger partial charge in [-0.15, -0.1) is 0 Å². The molecule has 0 N–H and O–H groups in total. The summed E-state index contributed by atoms with van der Waals surface area (Å²) in [5, 5.41) is 0. The number of hydrogen-bond donors (Lipinski definition) is 0. The zero-order valence-corrected chi connectivity index (χ0v) is 21.8. The van der Waals surface area contributed by atoms with E-state index < -0.39 is 0 Å². The first kappa shape index (κ1) is 25.5. The van der Waals surface area contributed by atoms with Crippen LogP contribution in [0.15, 0.2) is 55.0 Å². The van der Waals surface area contributed by atoms with Crippen molar-refractivity contribution in [3.05, 3.63) is 71.7 Å². The Morgan fingerprint density at radius 2 is 1.69 bits per heavy atom. The number of aromatic nitrogens is 3. The molecule has 0 aliphatic carbocycles. The quantitative estimate of drug-likeness (QED) is 0.411. The fourth-order valence-corrected chi connectivity index (χ4v) is 4.50. The normalized spacial score (nSPS) is 14.1. The molecular formula is C29H36N6O. The van der Waals surface area contributed by atoms with E-state index >= 15 is 0 Å². The van der Waals surface area contributed by atoms with E-state index in [1.54, 1.807) is 6.08 Å². The first-order valence-corrected chi connectivity index (χ1v) is 12.7. The number of rotatable bonds is 9. The molecule has 1 aliphatic rings. The van der Waals surface area contributed by atoms with Gasteiger partial charge in [-0.2, -0.15) is 0 Å². The average molecular weight is 485 g/mol. The molecular weight excluding hydrogens is 448 g/mol. The Morgan fingerprint density at radius 3 is 2.36 bits per heavy atom. The van der Waals surface area contributed by atoms with Crippen LogP contribution in [0.25, 0.3) is 17.2 Å². The van der Waals surface area contributed by atoms with Gasteiger partial charge in [-0.3, -0.25) is 4.79 Å². The van der Waals surface area contributed by atoms with Crippen LogP contribution in [0, 0.1) is 6.92 Å². The van der Waals surface area contributed by atoms with Crippen LogP contribution < -0.4 is 9.80 Å². The highest BCUT2D eigenvalue weighted by molar-refractivity contribution is 5.93. The number of ketones is 1. The van der Waals surface area contributed by atoms with Gasteiger partial charge in [0.25, 0.3) is 0 Å². The van der Waals surface area contributed by atoms with Crippen molar-refractivity contribution in [2.75, 3.05) is 50.1 Å². The van der Waals surface area contributed by atoms with Gasteiger partial charge in [0.15, 0.2) is 5.78 Å². The van der Waals surface area contributed by atoms with Crippen molar-refractivity contribution >= 4 is 23.6 Å². The monoisotopic (exact) mass is 484 g/mol. The first-order valence-electron chi connectivity index (χ1n) is 12.7. The zero-order valence-electron chi connectivity index (χ0n) is 21.8. The number of nitrogens with zero attached hydrogens (tertiary/aromatic N) is 6. The van der Waals surface area contributed by atoms with E-state index in [1.165, 1.54) is 5.56 Å². The molecule has 0 saturated carbocycles. The molecule has 1 aliphatic heterocycles. The molecule has 7 nitrogen and oxygen atoms in total. The van der Waals surface area contributed by atoms with E-state index in [0.717, 1.165) is 73.2 Å². The van der Waals surface area contributed by atoms with Crippen molar-refractivity contribution in [3.8, 4) is 11.1 Å². The largest absolute Gasteiger partial charge is 0.353 e. The van der Waals surface area contributed by atoms with Crippen LogP contribution in [0.1, 0.15) is 36.5 Å². The van der Waals surface area contributed by atoms with Gasteiger partial charge in [0, 0.05) is 63.3 Å². The summed E-state index contributed by atoms with van der Waals surface area (Å²) in [6.45, 7) is 8.39. The maximum atomic E-state index is 11.8. The Hall–Kier alpha value is -3.58. The van der Waals surface area contributed by atoms with Gasteiger partial charge in [-0.05, 0) is 74.0 Å². The summed E-state index contributed by atoms with van der Waals surface area (Å²) >= 11 is 0. The number of aryl methyl sites for hydroxylation is 1. The number of allylic oxidation sites excluding steroid dienone is 1. The molecule has 0 atom stereocenters. The van der Waals surface area contributed by atoms with E-state index in [9.17, 15) is 4.79 Å². The number of pyridine rings is 1. The minimum Gasteiger partial charge on any atom is -0.353 e. The van der Waals surface area contributed by atoms with Gasteiger partial charge in [-0.25, -0.2) is 15.0 Å². The van der Waals surface area contributed by atoms with Gasteiger partial charge < -0.3 is 14.7 Å². The van der Waals surface area contributed by atoms with Crippen LogP contribution in [0.5, 0.6) is 0 Å². The average Bonchev–Trinajstić information content (AvgIpc) is 2.88. The standard InChI is InChI=1S/C29H36N6O/c1-5-7-27(36)11-10-23-16-22(2)28(30-18-23)34-12-14-35(15-13-34)29-31-19-26(20-32-29)25-9-6-8-24(17-25)21-33(3)4/h6,8-11,16-20H,5,7,12-15,21H2,1-4H3/b11-10+. The zero-order chi connectivity index (χ0) is 25.5. The Balaban J connectivity index is 1.36. The highest BCUT2D eigenvalue weighted by atomic mass is 16.1. The second-order valence-electron chi connectivity index (χ2n) is 9.64.